The lowest BCUT2D eigenvalue weighted by Crippen LogP contribution is -2.16. The van der Waals surface area contributed by atoms with Gasteiger partial charge in [0.15, 0.2) is 5.82 Å². The van der Waals surface area contributed by atoms with Crippen molar-refractivity contribution in [3.8, 4) is 11.8 Å². The minimum absolute atomic E-state index is 0.0303. The quantitative estimate of drug-likeness (QED) is 0.327. The van der Waals surface area contributed by atoms with Crippen molar-refractivity contribution < 1.29 is 9.13 Å². The Balaban J connectivity index is 1.76. The van der Waals surface area contributed by atoms with Crippen molar-refractivity contribution in [1.29, 1.82) is 5.26 Å². The molecular weight excluding hydrogens is 483 g/mol. The fourth-order valence-electron chi connectivity index (χ4n) is 2.95. The third-order valence-corrected chi connectivity index (χ3v) is 5.10. The highest BCUT2D eigenvalue weighted by Crippen LogP contribution is 2.31. The predicted molar refractivity (Wildman–Crippen MR) is 140 cm³/mol. The summed E-state index contributed by atoms with van der Waals surface area (Å²) in [4.78, 5) is 14.9. The summed E-state index contributed by atoms with van der Waals surface area (Å²) in [5.74, 6) is 0.393. The Morgan fingerprint density at radius 2 is 2.08 bits per heavy atom. The molecule has 1 heterocycles. The van der Waals surface area contributed by atoms with Crippen molar-refractivity contribution in [2.75, 3.05) is 37.8 Å². The van der Waals surface area contributed by atoms with Gasteiger partial charge in [0, 0.05) is 24.5 Å². The SMILES string of the molecule is CN(C)CCN=CC(=CN)Nc1ncc(Cl)c(Nc2cccc(OCc3ccccc3F)c2C#N)n1. The summed E-state index contributed by atoms with van der Waals surface area (Å²) < 4.78 is 19.7. The van der Waals surface area contributed by atoms with Crippen molar-refractivity contribution in [3.05, 3.63) is 82.5 Å². The number of nitrogens with two attached hydrogens (primary N) is 1. The van der Waals surface area contributed by atoms with Crippen LogP contribution < -0.4 is 21.1 Å². The van der Waals surface area contributed by atoms with Crippen LogP contribution in [0.15, 0.2) is 65.6 Å². The molecule has 0 atom stereocenters. The van der Waals surface area contributed by atoms with E-state index in [4.69, 9.17) is 22.1 Å². The van der Waals surface area contributed by atoms with Gasteiger partial charge in [-0.1, -0.05) is 35.9 Å². The molecule has 0 bridgehead atoms. The standard InChI is InChI=1S/C25H26ClFN8O/c1-35(2)11-10-30-14-18(12-28)32-25-31-15-20(26)24(34-25)33-22-8-5-9-23(19(22)13-29)36-16-17-6-3-4-7-21(17)27/h3-9,12,14-15H,10-11,16,28H2,1-2H3,(H2,31,32,33,34). The summed E-state index contributed by atoms with van der Waals surface area (Å²) >= 11 is 6.30. The number of hydrogen-bond acceptors (Lipinski definition) is 9. The first kappa shape index (κ1) is 26.4. The first-order valence-corrected chi connectivity index (χ1v) is 11.3. The molecule has 186 valence electrons. The molecule has 0 spiro atoms. The van der Waals surface area contributed by atoms with Crippen LogP contribution in [0.4, 0.5) is 21.8 Å². The Labute approximate surface area is 214 Å². The van der Waals surface area contributed by atoms with Gasteiger partial charge in [-0.05, 0) is 32.3 Å². The second-order valence-corrected chi connectivity index (χ2v) is 8.18. The molecule has 0 unspecified atom stereocenters. The normalized spacial score (nSPS) is 11.5. The molecule has 0 aliphatic heterocycles. The third kappa shape index (κ3) is 7.40. The van der Waals surface area contributed by atoms with Gasteiger partial charge in [-0.25, -0.2) is 9.37 Å². The number of halogens is 2. The smallest absolute Gasteiger partial charge is 0.229 e. The van der Waals surface area contributed by atoms with Gasteiger partial charge in [0.05, 0.1) is 24.1 Å². The second kappa shape index (κ2) is 13.0. The highest BCUT2D eigenvalue weighted by Gasteiger charge is 2.14. The minimum atomic E-state index is -0.383. The Kier molecular flexibility index (Phi) is 9.56. The molecule has 1 aromatic heterocycles. The number of likely N-dealkylation sites (N-methyl/N-ethyl adjacent to an activating group) is 1. The lowest BCUT2D eigenvalue weighted by atomic mass is 10.1. The van der Waals surface area contributed by atoms with Crippen LogP contribution in [0.3, 0.4) is 0 Å². The molecule has 0 amide bonds. The molecule has 4 N–H and O–H groups in total. The summed E-state index contributed by atoms with van der Waals surface area (Å²) in [6, 6.07) is 13.4. The van der Waals surface area contributed by atoms with Gasteiger partial charge in [-0.15, -0.1) is 0 Å². The molecule has 0 saturated heterocycles. The fourth-order valence-corrected chi connectivity index (χ4v) is 3.09. The Morgan fingerprint density at radius 1 is 1.28 bits per heavy atom. The monoisotopic (exact) mass is 508 g/mol. The molecule has 9 nitrogen and oxygen atoms in total. The first-order chi connectivity index (χ1) is 17.4. The topological polar surface area (TPSA) is 124 Å². The summed E-state index contributed by atoms with van der Waals surface area (Å²) in [6.45, 7) is 1.37. The van der Waals surface area contributed by atoms with Crippen LogP contribution in [0.2, 0.25) is 5.02 Å². The number of ether oxygens (including phenoxy) is 1. The Bertz CT molecular complexity index is 1290. The van der Waals surface area contributed by atoms with Crippen LogP contribution in [0.25, 0.3) is 0 Å². The molecule has 0 fully saturated rings. The van der Waals surface area contributed by atoms with Gasteiger partial charge >= 0.3 is 0 Å². The average molecular weight is 509 g/mol. The molecular formula is C25H26ClFN8O. The van der Waals surface area contributed by atoms with E-state index in [0.717, 1.165) is 6.54 Å². The summed E-state index contributed by atoms with van der Waals surface area (Å²) in [5, 5.41) is 16.0. The largest absolute Gasteiger partial charge is 0.487 e. The number of rotatable bonds is 11. The zero-order chi connectivity index (χ0) is 25.9. The number of benzene rings is 2. The molecule has 0 radical (unpaired) electrons. The van der Waals surface area contributed by atoms with E-state index in [1.807, 2.05) is 19.0 Å². The number of anilines is 3. The third-order valence-electron chi connectivity index (χ3n) is 4.82. The van der Waals surface area contributed by atoms with Crippen LogP contribution in [-0.4, -0.2) is 48.3 Å². The summed E-state index contributed by atoms with van der Waals surface area (Å²) in [5.41, 5.74) is 7.20. The number of nitriles is 1. The maximum atomic E-state index is 13.9. The van der Waals surface area contributed by atoms with Crippen molar-refractivity contribution in [3.63, 3.8) is 0 Å². The average Bonchev–Trinajstić information content (AvgIpc) is 2.87. The van der Waals surface area contributed by atoms with Crippen LogP contribution >= 0.6 is 11.6 Å². The first-order valence-electron chi connectivity index (χ1n) is 10.9. The van der Waals surface area contributed by atoms with Crippen LogP contribution in [-0.2, 0) is 6.61 Å². The summed E-state index contributed by atoms with van der Waals surface area (Å²) in [6.07, 6.45) is 4.37. The maximum absolute atomic E-state index is 13.9. The molecule has 36 heavy (non-hydrogen) atoms. The van der Waals surface area contributed by atoms with E-state index in [2.05, 4.69) is 31.7 Å². The molecule has 3 rings (SSSR count). The van der Waals surface area contributed by atoms with E-state index < -0.39 is 0 Å². The zero-order valence-corrected chi connectivity index (χ0v) is 20.6. The highest BCUT2D eigenvalue weighted by molar-refractivity contribution is 6.32. The number of aliphatic imine (C=N–C) groups is 1. The van der Waals surface area contributed by atoms with Crippen molar-refractivity contribution in [2.45, 2.75) is 6.61 Å². The number of nitrogens with zero attached hydrogens (tertiary/aromatic N) is 5. The van der Waals surface area contributed by atoms with E-state index in [9.17, 15) is 9.65 Å². The molecule has 0 aliphatic rings. The molecule has 11 heteroatoms. The highest BCUT2D eigenvalue weighted by atomic mass is 35.5. The van der Waals surface area contributed by atoms with Crippen molar-refractivity contribution >= 4 is 35.3 Å². The van der Waals surface area contributed by atoms with Gasteiger partial charge in [0.25, 0.3) is 0 Å². The molecule has 0 aliphatic carbocycles. The summed E-state index contributed by atoms with van der Waals surface area (Å²) in [7, 11) is 3.93. The minimum Gasteiger partial charge on any atom is -0.487 e. The number of aromatic nitrogens is 2. The van der Waals surface area contributed by atoms with Gasteiger partial charge in [0.1, 0.15) is 34.8 Å². The zero-order valence-electron chi connectivity index (χ0n) is 19.9. The number of hydrogen-bond donors (Lipinski definition) is 3. The van der Waals surface area contributed by atoms with Crippen molar-refractivity contribution in [2.24, 2.45) is 10.7 Å². The maximum Gasteiger partial charge on any atom is 0.229 e. The fraction of sp³-hybridized carbons (Fsp3) is 0.200. The van der Waals surface area contributed by atoms with Gasteiger partial charge < -0.3 is 26.0 Å². The van der Waals surface area contributed by atoms with E-state index in [1.54, 1.807) is 42.6 Å². The molecule has 2 aromatic carbocycles. The van der Waals surface area contributed by atoms with Gasteiger partial charge in [-0.3, -0.25) is 4.99 Å². The van der Waals surface area contributed by atoms with Crippen LogP contribution in [0, 0.1) is 17.1 Å². The van der Waals surface area contributed by atoms with Gasteiger partial charge in [-0.2, -0.15) is 10.2 Å². The van der Waals surface area contributed by atoms with Crippen LogP contribution in [0.1, 0.15) is 11.1 Å². The van der Waals surface area contributed by atoms with Crippen molar-refractivity contribution in [1.82, 2.24) is 14.9 Å². The van der Waals surface area contributed by atoms with E-state index in [0.29, 0.717) is 23.5 Å². The van der Waals surface area contributed by atoms with Gasteiger partial charge in [0.2, 0.25) is 5.95 Å². The van der Waals surface area contributed by atoms with E-state index in [1.165, 1.54) is 18.5 Å². The van der Waals surface area contributed by atoms with E-state index in [-0.39, 0.29) is 40.5 Å². The lowest BCUT2D eigenvalue weighted by Gasteiger charge is -2.14. The Hall–Kier alpha value is -4.20. The lowest BCUT2D eigenvalue weighted by molar-refractivity contribution is 0.299. The van der Waals surface area contributed by atoms with E-state index >= 15 is 0 Å². The van der Waals surface area contributed by atoms with Crippen LogP contribution in [0.5, 0.6) is 5.75 Å². The Morgan fingerprint density at radius 3 is 2.81 bits per heavy atom. The molecule has 3 aromatic rings. The number of allylic oxidation sites excluding steroid dienone is 1. The molecule has 0 saturated carbocycles. The number of nitrogens with one attached hydrogen (secondary N) is 2. The second-order valence-electron chi connectivity index (χ2n) is 7.77. The predicted octanol–water partition coefficient (Wildman–Crippen LogP) is 4.31.